The Hall–Kier alpha value is -0.120. The highest BCUT2D eigenvalue weighted by molar-refractivity contribution is 4.90. The van der Waals surface area contributed by atoms with Gasteiger partial charge in [0.15, 0.2) is 0 Å². The summed E-state index contributed by atoms with van der Waals surface area (Å²) >= 11 is 0. The lowest BCUT2D eigenvalue weighted by atomic mass is 9.80. The Morgan fingerprint density at radius 1 is 1.58 bits per heavy atom. The maximum Gasteiger partial charge on any atom is 0.0756 e. The molecule has 3 heteroatoms. The van der Waals surface area contributed by atoms with Crippen LogP contribution in [0.1, 0.15) is 27.2 Å². The zero-order valence-corrected chi connectivity index (χ0v) is 8.22. The number of hydrogen-bond acceptors (Lipinski definition) is 3. The minimum Gasteiger partial charge on any atom is -0.391 e. The van der Waals surface area contributed by atoms with Gasteiger partial charge in [-0.05, 0) is 11.8 Å². The minimum atomic E-state index is -0.252. The van der Waals surface area contributed by atoms with Crippen molar-refractivity contribution in [3.8, 4) is 0 Å². The Balaban J connectivity index is 2.50. The van der Waals surface area contributed by atoms with Gasteiger partial charge in [0.05, 0.1) is 6.10 Å². The molecule has 1 rings (SSSR count). The van der Waals surface area contributed by atoms with E-state index in [0.29, 0.717) is 0 Å². The van der Waals surface area contributed by atoms with Crippen molar-refractivity contribution >= 4 is 0 Å². The first-order valence-corrected chi connectivity index (χ1v) is 4.70. The van der Waals surface area contributed by atoms with Crippen LogP contribution in [-0.4, -0.2) is 30.5 Å². The lowest BCUT2D eigenvalue weighted by Gasteiger charge is -2.33. The molecule has 3 nitrogen and oxygen atoms in total. The summed E-state index contributed by atoms with van der Waals surface area (Å²) in [5.41, 5.74) is 0.0175. The fourth-order valence-corrected chi connectivity index (χ4v) is 1.48. The zero-order valence-electron chi connectivity index (χ0n) is 8.22. The molecule has 1 heterocycles. The monoisotopic (exact) mass is 172 g/mol. The summed E-state index contributed by atoms with van der Waals surface area (Å²) in [6.07, 6.45) is 0.754. The molecule has 0 aliphatic carbocycles. The molecule has 0 aromatic carbocycles. The van der Waals surface area contributed by atoms with E-state index in [1.165, 1.54) is 0 Å². The number of hydrogen-bond donors (Lipinski definition) is 3. The van der Waals surface area contributed by atoms with Gasteiger partial charge in [0.25, 0.3) is 0 Å². The standard InChI is InChI=1S/C9H20N2O/c1-4-9(2,3)8(12)7-5-10-6-11-7/h7-8,10-12H,4-6H2,1-3H3/t7-,8?/m0/s1. The second-order valence-electron chi connectivity index (χ2n) is 4.23. The largest absolute Gasteiger partial charge is 0.391 e. The highest BCUT2D eigenvalue weighted by Gasteiger charge is 2.33. The van der Waals surface area contributed by atoms with Crippen molar-refractivity contribution in [2.24, 2.45) is 5.41 Å². The second kappa shape index (κ2) is 3.73. The average Bonchev–Trinajstić information content (AvgIpc) is 2.55. The van der Waals surface area contributed by atoms with Crippen molar-refractivity contribution < 1.29 is 5.11 Å². The van der Waals surface area contributed by atoms with E-state index in [2.05, 4.69) is 31.4 Å². The zero-order chi connectivity index (χ0) is 9.19. The highest BCUT2D eigenvalue weighted by atomic mass is 16.3. The van der Waals surface area contributed by atoms with Gasteiger partial charge < -0.3 is 10.4 Å². The van der Waals surface area contributed by atoms with Gasteiger partial charge in [-0.3, -0.25) is 5.32 Å². The van der Waals surface area contributed by atoms with Crippen molar-refractivity contribution in [1.82, 2.24) is 10.6 Å². The molecule has 12 heavy (non-hydrogen) atoms. The molecule has 1 saturated heterocycles. The van der Waals surface area contributed by atoms with Gasteiger partial charge in [0.2, 0.25) is 0 Å². The van der Waals surface area contributed by atoms with Crippen LogP contribution in [0.25, 0.3) is 0 Å². The molecule has 0 saturated carbocycles. The van der Waals surface area contributed by atoms with Crippen LogP contribution in [0.5, 0.6) is 0 Å². The Labute approximate surface area is 74.5 Å². The summed E-state index contributed by atoms with van der Waals surface area (Å²) in [5.74, 6) is 0. The lowest BCUT2D eigenvalue weighted by molar-refractivity contribution is 0.0240. The predicted octanol–water partition coefficient (Wildman–Crippen LogP) is 0.302. The van der Waals surface area contributed by atoms with Gasteiger partial charge in [0, 0.05) is 19.3 Å². The Morgan fingerprint density at radius 2 is 2.25 bits per heavy atom. The molecule has 0 aromatic rings. The molecule has 1 unspecified atom stereocenters. The summed E-state index contributed by atoms with van der Waals surface area (Å²) in [5, 5.41) is 16.4. The summed E-state index contributed by atoms with van der Waals surface area (Å²) in [6, 6.07) is 0.222. The van der Waals surface area contributed by atoms with Gasteiger partial charge in [-0.25, -0.2) is 0 Å². The van der Waals surface area contributed by atoms with Crippen LogP contribution in [0.3, 0.4) is 0 Å². The quantitative estimate of drug-likeness (QED) is 0.574. The van der Waals surface area contributed by atoms with E-state index in [0.717, 1.165) is 19.6 Å². The molecule has 0 spiro atoms. The Kier molecular flexibility index (Phi) is 3.09. The van der Waals surface area contributed by atoms with Gasteiger partial charge in [-0.15, -0.1) is 0 Å². The van der Waals surface area contributed by atoms with Crippen LogP contribution < -0.4 is 10.6 Å². The second-order valence-corrected chi connectivity index (χ2v) is 4.23. The van der Waals surface area contributed by atoms with Crippen LogP contribution in [0.15, 0.2) is 0 Å². The molecule has 0 amide bonds. The van der Waals surface area contributed by atoms with Gasteiger partial charge in [-0.1, -0.05) is 20.8 Å². The van der Waals surface area contributed by atoms with E-state index >= 15 is 0 Å². The first-order chi connectivity index (χ1) is 5.58. The van der Waals surface area contributed by atoms with Crippen molar-refractivity contribution in [3.63, 3.8) is 0 Å². The third-order valence-corrected chi connectivity index (χ3v) is 2.95. The van der Waals surface area contributed by atoms with Crippen LogP contribution in [0.4, 0.5) is 0 Å². The predicted molar refractivity (Wildman–Crippen MR) is 49.9 cm³/mol. The molecule has 0 bridgehead atoms. The first-order valence-electron chi connectivity index (χ1n) is 4.70. The SMILES string of the molecule is CCC(C)(C)C(O)[C@@H]1CNCN1. The molecule has 1 aliphatic heterocycles. The summed E-state index contributed by atoms with van der Waals surface area (Å²) < 4.78 is 0. The molecule has 1 aliphatic rings. The van der Waals surface area contributed by atoms with Crippen molar-refractivity contribution in [2.75, 3.05) is 13.2 Å². The van der Waals surface area contributed by atoms with E-state index in [4.69, 9.17) is 0 Å². The fraction of sp³-hybridized carbons (Fsp3) is 1.00. The van der Waals surface area contributed by atoms with Crippen LogP contribution in [-0.2, 0) is 0 Å². The average molecular weight is 172 g/mol. The van der Waals surface area contributed by atoms with Gasteiger partial charge >= 0.3 is 0 Å². The van der Waals surface area contributed by atoms with E-state index in [9.17, 15) is 5.11 Å². The van der Waals surface area contributed by atoms with Crippen molar-refractivity contribution in [3.05, 3.63) is 0 Å². The number of nitrogens with one attached hydrogen (secondary N) is 2. The normalized spacial score (nSPS) is 27.5. The number of aliphatic hydroxyl groups is 1. The van der Waals surface area contributed by atoms with E-state index in [1.54, 1.807) is 0 Å². The maximum atomic E-state index is 9.97. The first kappa shape index (κ1) is 9.96. The molecule has 0 radical (unpaired) electrons. The summed E-state index contributed by atoms with van der Waals surface area (Å²) in [6.45, 7) is 8.03. The highest BCUT2D eigenvalue weighted by Crippen LogP contribution is 2.27. The topological polar surface area (TPSA) is 44.3 Å². The van der Waals surface area contributed by atoms with Crippen LogP contribution >= 0.6 is 0 Å². The minimum absolute atomic E-state index is 0.0175. The van der Waals surface area contributed by atoms with Gasteiger partial charge in [0.1, 0.15) is 0 Å². The molecular formula is C9H20N2O. The third kappa shape index (κ3) is 1.97. The molecular weight excluding hydrogens is 152 g/mol. The molecule has 0 aromatic heterocycles. The lowest BCUT2D eigenvalue weighted by Crippen LogP contribution is -2.45. The van der Waals surface area contributed by atoms with Crippen molar-refractivity contribution in [2.45, 2.75) is 39.3 Å². The van der Waals surface area contributed by atoms with E-state index < -0.39 is 0 Å². The molecule has 72 valence electrons. The van der Waals surface area contributed by atoms with E-state index in [1.807, 2.05) is 0 Å². The molecule has 1 fully saturated rings. The summed E-state index contributed by atoms with van der Waals surface area (Å²) in [7, 11) is 0. The fourth-order valence-electron chi connectivity index (χ4n) is 1.48. The van der Waals surface area contributed by atoms with Crippen LogP contribution in [0, 0.1) is 5.41 Å². The summed E-state index contributed by atoms with van der Waals surface area (Å²) in [4.78, 5) is 0. The van der Waals surface area contributed by atoms with E-state index in [-0.39, 0.29) is 17.6 Å². The smallest absolute Gasteiger partial charge is 0.0756 e. The van der Waals surface area contributed by atoms with Crippen LogP contribution in [0.2, 0.25) is 0 Å². The molecule has 3 N–H and O–H groups in total. The van der Waals surface area contributed by atoms with Crippen molar-refractivity contribution in [1.29, 1.82) is 0 Å². The number of aliphatic hydroxyl groups excluding tert-OH is 1. The van der Waals surface area contributed by atoms with Gasteiger partial charge in [-0.2, -0.15) is 0 Å². The maximum absolute atomic E-state index is 9.97. The Morgan fingerprint density at radius 3 is 2.67 bits per heavy atom. The number of rotatable bonds is 3. The third-order valence-electron chi connectivity index (χ3n) is 2.95. The Bertz CT molecular complexity index is 141. The molecule has 2 atom stereocenters.